The Bertz CT molecular complexity index is 707. The van der Waals surface area contributed by atoms with Gasteiger partial charge in [-0.15, -0.1) is 22.7 Å². The Morgan fingerprint density at radius 1 is 0.500 bits per heavy atom. The van der Waals surface area contributed by atoms with Gasteiger partial charge in [-0.05, 0) is 60.7 Å². The molecule has 0 amide bonds. The molecule has 0 N–H and O–H groups in total. The molecule has 0 bridgehead atoms. The molecule has 0 saturated carbocycles. The minimum absolute atomic E-state index is 1.27. The zero-order valence-corrected chi connectivity index (χ0v) is 19.7. The van der Waals surface area contributed by atoms with Gasteiger partial charge in [-0.25, -0.2) is 0 Å². The van der Waals surface area contributed by atoms with Gasteiger partial charge in [0.05, 0.1) is 0 Å². The molecule has 0 spiro atoms. The lowest BCUT2D eigenvalue weighted by atomic mass is 10.1. The van der Waals surface area contributed by atoms with Crippen molar-refractivity contribution in [3.8, 4) is 0 Å². The summed E-state index contributed by atoms with van der Waals surface area (Å²) in [5.74, 6) is 0. The lowest BCUT2D eigenvalue weighted by Gasteiger charge is -1.99. The number of hydrogen-bond donors (Lipinski definition) is 0. The highest BCUT2D eigenvalue weighted by atomic mass is 32.1. The fraction of sp³-hybridized carbons (Fsp3) is 0.615. The minimum Gasteiger partial charge on any atom is -0.140 e. The van der Waals surface area contributed by atoms with Crippen LogP contribution in [0.2, 0.25) is 0 Å². The predicted octanol–water partition coefficient (Wildman–Crippen LogP) is 9.92. The zero-order valence-electron chi connectivity index (χ0n) is 18.0. The number of hydrogen-bond acceptors (Lipinski definition) is 2. The third kappa shape index (κ3) is 6.59. The first-order chi connectivity index (χ1) is 13.8. The first-order valence-electron chi connectivity index (χ1n) is 11.7. The molecule has 0 fully saturated rings. The van der Waals surface area contributed by atoms with E-state index < -0.39 is 0 Å². The van der Waals surface area contributed by atoms with Crippen LogP contribution >= 0.6 is 22.7 Å². The first kappa shape index (κ1) is 21.8. The van der Waals surface area contributed by atoms with E-state index in [2.05, 4.69) is 38.1 Å². The van der Waals surface area contributed by atoms with Gasteiger partial charge < -0.3 is 0 Å². The Kier molecular flexibility index (Phi) is 9.34. The van der Waals surface area contributed by atoms with E-state index in [-0.39, 0.29) is 0 Å². The van der Waals surface area contributed by atoms with Gasteiger partial charge in [-0.2, -0.15) is 0 Å². The molecule has 0 radical (unpaired) electrons. The fourth-order valence-corrected chi connectivity index (χ4v) is 6.36. The van der Waals surface area contributed by atoms with Crippen molar-refractivity contribution in [3.05, 3.63) is 34.0 Å². The SMILES string of the molecule is CCCCCCCCc1cc2cc3sc(CCCCCCCC)cc3cc2s1. The number of unbranched alkanes of at least 4 members (excludes halogenated alkanes) is 10. The van der Waals surface area contributed by atoms with Gasteiger partial charge in [0.1, 0.15) is 0 Å². The van der Waals surface area contributed by atoms with E-state index in [0.29, 0.717) is 0 Å². The monoisotopic (exact) mass is 414 g/mol. The number of benzene rings is 1. The van der Waals surface area contributed by atoms with Crippen molar-refractivity contribution in [1.29, 1.82) is 0 Å². The van der Waals surface area contributed by atoms with Crippen LogP contribution in [0, 0.1) is 0 Å². The quantitative estimate of drug-likeness (QED) is 0.230. The number of rotatable bonds is 14. The molecule has 3 rings (SSSR count). The number of thiophene rings is 2. The molecule has 0 aliphatic heterocycles. The zero-order chi connectivity index (χ0) is 19.6. The summed E-state index contributed by atoms with van der Waals surface area (Å²) >= 11 is 4.05. The van der Waals surface area contributed by atoms with Crippen LogP contribution in [-0.4, -0.2) is 0 Å². The Morgan fingerprint density at radius 3 is 1.32 bits per heavy atom. The van der Waals surface area contributed by atoms with Crippen molar-refractivity contribution >= 4 is 42.8 Å². The Labute approximate surface area is 180 Å². The van der Waals surface area contributed by atoms with Gasteiger partial charge in [-0.3, -0.25) is 0 Å². The van der Waals surface area contributed by atoms with Crippen molar-refractivity contribution < 1.29 is 0 Å². The Balaban J connectivity index is 1.51. The summed E-state index contributed by atoms with van der Waals surface area (Å²) < 4.78 is 2.97. The molecule has 0 saturated heterocycles. The molecule has 154 valence electrons. The molecule has 0 aliphatic carbocycles. The van der Waals surface area contributed by atoms with Crippen LogP contribution in [0.25, 0.3) is 20.2 Å². The second kappa shape index (κ2) is 12.0. The summed E-state index contributed by atoms with van der Waals surface area (Å²) in [5.41, 5.74) is 0. The summed E-state index contributed by atoms with van der Waals surface area (Å²) in [6, 6.07) is 9.81. The number of aryl methyl sites for hydroxylation is 2. The molecule has 3 aromatic rings. The van der Waals surface area contributed by atoms with Gasteiger partial charge in [0.2, 0.25) is 0 Å². The third-order valence-corrected chi connectivity index (χ3v) is 8.13. The van der Waals surface area contributed by atoms with Gasteiger partial charge >= 0.3 is 0 Å². The summed E-state index contributed by atoms with van der Waals surface area (Å²) in [5, 5.41) is 2.93. The Hall–Kier alpha value is -0.860. The number of fused-ring (bicyclic) bond motifs is 2. The summed E-state index contributed by atoms with van der Waals surface area (Å²) in [6.07, 6.45) is 19.2. The van der Waals surface area contributed by atoms with Crippen molar-refractivity contribution in [2.45, 2.75) is 104 Å². The molecule has 2 heterocycles. The Morgan fingerprint density at radius 2 is 0.893 bits per heavy atom. The van der Waals surface area contributed by atoms with Crippen molar-refractivity contribution in [1.82, 2.24) is 0 Å². The standard InChI is InChI=1S/C26H38S2/c1-3-5-7-9-11-13-15-23-17-21-19-26-22(20-25(21)27-23)18-24(28-26)16-14-12-10-8-6-4-2/h17-20H,3-16H2,1-2H3. The molecule has 2 aromatic heterocycles. The van der Waals surface area contributed by atoms with Gasteiger partial charge in [-0.1, -0.05) is 78.1 Å². The maximum absolute atomic E-state index is 2.46. The average Bonchev–Trinajstić information content (AvgIpc) is 3.27. The lowest BCUT2D eigenvalue weighted by molar-refractivity contribution is 0.609. The van der Waals surface area contributed by atoms with E-state index in [1.807, 2.05) is 22.7 Å². The summed E-state index contributed by atoms with van der Waals surface area (Å²) in [6.45, 7) is 4.58. The molecular formula is C26H38S2. The predicted molar refractivity (Wildman–Crippen MR) is 131 cm³/mol. The summed E-state index contributed by atoms with van der Waals surface area (Å²) in [7, 11) is 0. The second-order valence-electron chi connectivity index (χ2n) is 8.39. The molecule has 0 atom stereocenters. The largest absolute Gasteiger partial charge is 0.140 e. The maximum atomic E-state index is 2.46. The average molecular weight is 415 g/mol. The van der Waals surface area contributed by atoms with Crippen LogP contribution in [0.4, 0.5) is 0 Å². The molecule has 2 heteroatoms. The van der Waals surface area contributed by atoms with Crippen molar-refractivity contribution in [3.63, 3.8) is 0 Å². The smallest absolute Gasteiger partial charge is 0.0352 e. The van der Waals surface area contributed by atoms with Gasteiger partial charge in [0.15, 0.2) is 0 Å². The van der Waals surface area contributed by atoms with Crippen LogP contribution in [0.1, 0.15) is 101 Å². The molecular weight excluding hydrogens is 376 g/mol. The highest BCUT2D eigenvalue weighted by Gasteiger charge is 2.07. The van der Waals surface area contributed by atoms with Crippen LogP contribution in [0.5, 0.6) is 0 Å². The van der Waals surface area contributed by atoms with E-state index in [9.17, 15) is 0 Å². The molecule has 1 aromatic carbocycles. The second-order valence-corrected chi connectivity index (χ2v) is 10.7. The minimum atomic E-state index is 1.27. The molecule has 0 unspecified atom stereocenters. The van der Waals surface area contributed by atoms with E-state index in [4.69, 9.17) is 0 Å². The highest BCUT2D eigenvalue weighted by Crippen LogP contribution is 2.35. The van der Waals surface area contributed by atoms with Crippen LogP contribution in [0.15, 0.2) is 24.3 Å². The summed E-state index contributed by atoms with van der Waals surface area (Å²) in [4.78, 5) is 3.16. The fourth-order valence-electron chi connectivity index (χ4n) is 4.09. The van der Waals surface area contributed by atoms with Crippen LogP contribution in [-0.2, 0) is 12.8 Å². The van der Waals surface area contributed by atoms with Crippen LogP contribution in [0.3, 0.4) is 0 Å². The molecule has 28 heavy (non-hydrogen) atoms. The van der Waals surface area contributed by atoms with E-state index in [0.717, 1.165) is 0 Å². The normalized spacial score (nSPS) is 11.8. The van der Waals surface area contributed by atoms with E-state index in [1.54, 1.807) is 9.75 Å². The highest BCUT2D eigenvalue weighted by molar-refractivity contribution is 7.20. The first-order valence-corrected chi connectivity index (χ1v) is 13.4. The van der Waals surface area contributed by atoms with Gasteiger partial charge in [0, 0.05) is 19.2 Å². The maximum Gasteiger partial charge on any atom is 0.0352 e. The molecule has 0 nitrogen and oxygen atoms in total. The lowest BCUT2D eigenvalue weighted by Crippen LogP contribution is -1.82. The van der Waals surface area contributed by atoms with Crippen molar-refractivity contribution in [2.24, 2.45) is 0 Å². The van der Waals surface area contributed by atoms with Gasteiger partial charge in [0.25, 0.3) is 0 Å². The third-order valence-electron chi connectivity index (χ3n) is 5.81. The van der Waals surface area contributed by atoms with E-state index in [1.165, 1.54) is 110 Å². The molecule has 0 aliphatic rings. The topological polar surface area (TPSA) is 0 Å². The van der Waals surface area contributed by atoms with E-state index >= 15 is 0 Å². The van der Waals surface area contributed by atoms with Crippen LogP contribution < -0.4 is 0 Å². The van der Waals surface area contributed by atoms with Crippen molar-refractivity contribution in [2.75, 3.05) is 0 Å².